The highest BCUT2D eigenvalue weighted by Gasteiger charge is 2.30. The van der Waals surface area contributed by atoms with Gasteiger partial charge in [-0.25, -0.2) is 13.8 Å². The highest BCUT2D eigenvalue weighted by Crippen LogP contribution is 2.31. The van der Waals surface area contributed by atoms with Gasteiger partial charge in [-0.1, -0.05) is 59.6 Å². The van der Waals surface area contributed by atoms with Crippen LogP contribution < -0.4 is 14.9 Å². The van der Waals surface area contributed by atoms with Gasteiger partial charge >= 0.3 is 0 Å². The Hall–Kier alpha value is -3.11. The van der Waals surface area contributed by atoms with Crippen molar-refractivity contribution in [2.45, 2.75) is 11.4 Å². The lowest BCUT2D eigenvalue weighted by molar-refractivity contribution is -0.121. The van der Waals surface area contributed by atoms with Gasteiger partial charge in [-0.15, -0.1) is 0 Å². The number of sulfonamides is 1. The second-order valence-corrected chi connectivity index (χ2v) is 9.96. The number of ether oxygens (including phenoxy) is 2. The van der Waals surface area contributed by atoms with E-state index in [2.05, 4.69) is 10.5 Å². The predicted molar refractivity (Wildman–Crippen MR) is 136 cm³/mol. The molecule has 8 nitrogen and oxygen atoms in total. The van der Waals surface area contributed by atoms with E-state index in [9.17, 15) is 13.2 Å². The van der Waals surface area contributed by atoms with Crippen LogP contribution in [-0.2, 0) is 21.4 Å². The summed E-state index contributed by atoms with van der Waals surface area (Å²) in [4.78, 5) is 12.6. The van der Waals surface area contributed by atoms with Crippen LogP contribution in [0.4, 0.5) is 0 Å². The number of rotatable bonds is 10. The Kier molecular flexibility index (Phi) is 9.11. The highest BCUT2D eigenvalue weighted by atomic mass is 35.5. The van der Waals surface area contributed by atoms with Crippen LogP contribution in [-0.4, -0.2) is 45.6 Å². The van der Waals surface area contributed by atoms with E-state index >= 15 is 0 Å². The lowest BCUT2D eigenvalue weighted by atomic mass is 10.2. The van der Waals surface area contributed by atoms with E-state index < -0.39 is 22.5 Å². The number of amides is 1. The minimum atomic E-state index is -4.14. The topological polar surface area (TPSA) is 97.3 Å². The van der Waals surface area contributed by atoms with Gasteiger partial charge in [-0.3, -0.25) is 4.79 Å². The van der Waals surface area contributed by atoms with E-state index in [-0.39, 0.29) is 17.2 Å². The smallest absolute Gasteiger partial charge is 0.255 e. The van der Waals surface area contributed by atoms with Crippen molar-refractivity contribution in [3.63, 3.8) is 0 Å². The third-order valence-electron chi connectivity index (χ3n) is 4.86. The molecule has 11 heteroatoms. The molecule has 0 aromatic heterocycles. The molecule has 3 aromatic rings. The molecular formula is C24H23Cl2N3O5S. The Morgan fingerprint density at radius 3 is 2.40 bits per heavy atom. The van der Waals surface area contributed by atoms with Crippen molar-refractivity contribution in [3.05, 3.63) is 87.9 Å². The van der Waals surface area contributed by atoms with Crippen LogP contribution in [0.5, 0.6) is 11.5 Å². The average Bonchev–Trinajstić information content (AvgIpc) is 2.86. The molecule has 0 saturated heterocycles. The molecular weight excluding hydrogens is 513 g/mol. The zero-order valence-corrected chi connectivity index (χ0v) is 21.3. The van der Waals surface area contributed by atoms with Gasteiger partial charge in [-0.2, -0.15) is 9.41 Å². The number of halogens is 2. The molecule has 0 radical (unpaired) electrons. The van der Waals surface area contributed by atoms with Crippen molar-refractivity contribution in [2.24, 2.45) is 5.10 Å². The molecule has 35 heavy (non-hydrogen) atoms. The number of benzene rings is 3. The Bertz CT molecular complexity index is 1320. The van der Waals surface area contributed by atoms with E-state index in [4.69, 9.17) is 32.7 Å². The molecule has 184 valence electrons. The minimum absolute atomic E-state index is 0.0394. The SMILES string of the molecule is COc1ccc(S(=O)(=O)N(CC(=O)N/N=C\c2ccc(Cl)c(Cl)c2)Cc2ccccc2)c(OC)c1. The first-order valence-corrected chi connectivity index (χ1v) is 12.5. The molecule has 0 saturated carbocycles. The van der Waals surface area contributed by atoms with Crippen molar-refractivity contribution in [2.75, 3.05) is 20.8 Å². The number of carbonyl (C=O) groups excluding carboxylic acids is 1. The molecule has 1 N–H and O–H groups in total. The number of hydrazone groups is 1. The van der Waals surface area contributed by atoms with Crippen LogP contribution in [0.15, 0.2) is 76.7 Å². The summed E-state index contributed by atoms with van der Waals surface area (Å²) in [5.74, 6) is -0.0986. The molecule has 0 spiro atoms. The molecule has 1 amide bonds. The van der Waals surface area contributed by atoms with E-state index in [0.29, 0.717) is 26.9 Å². The van der Waals surface area contributed by atoms with Crippen LogP contribution in [0.2, 0.25) is 10.0 Å². The molecule has 0 aliphatic heterocycles. The maximum atomic E-state index is 13.6. The molecule has 0 fully saturated rings. The fourth-order valence-corrected chi connectivity index (χ4v) is 4.93. The number of nitrogens with zero attached hydrogens (tertiary/aromatic N) is 2. The lowest BCUT2D eigenvalue weighted by Gasteiger charge is -2.23. The summed E-state index contributed by atoms with van der Waals surface area (Å²) in [6, 6.07) is 18.2. The molecule has 0 bridgehead atoms. The first-order chi connectivity index (χ1) is 16.7. The summed E-state index contributed by atoms with van der Waals surface area (Å²) in [5.41, 5.74) is 3.66. The maximum absolute atomic E-state index is 13.6. The summed E-state index contributed by atoms with van der Waals surface area (Å²) in [5, 5.41) is 4.63. The molecule has 3 rings (SSSR count). The maximum Gasteiger partial charge on any atom is 0.255 e. The third-order valence-corrected chi connectivity index (χ3v) is 7.43. The number of carbonyl (C=O) groups is 1. The van der Waals surface area contributed by atoms with E-state index in [1.807, 2.05) is 6.07 Å². The van der Waals surface area contributed by atoms with Gasteiger partial charge in [-0.05, 0) is 35.4 Å². The summed E-state index contributed by atoms with van der Waals surface area (Å²) in [6.07, 6.45) is 1.38. The third kappa shape index (κ3) is 6.95. The predicted octanol–water partition coefficient (Wildman–Crippen LogP) is 4.35. The van der Waals surface area contributed by atoms with Crippen LogP contribution in [0.1, 0.15) is 11.1 Å². The molecule has 3 aromatic carbocycles. The molecule has 0 heterocycles. The lowest BCUT2D eigenvalue weighted by Crippen LogP contribution is -2.39. The zero-order chi connectivity index (χ0) is 25.4. The monoisotopic (exact) mass is 535 g/mol. The van der Waals surface area contributed by atoms with Gasteiger partial charge in [0.25, 0.3) is 5.91 Å². The number of methoxy groups -OCH3 is 2. The standard InChI is InChI=1S/C24H23Cl2N3O5S/c1-33-19-9-11-23(22(13-19)34-2)35(31,32)29(15-17-6-4-3-5-7-17)16-24(30)28-27-14-18-8-10-20(25)21(26)12-18/h3-14H,15-16H2,1-2H3,(H,28,30)/b27-14-. The minimum Gasteiger partial charge on any atom is -0.497 e. The van der Waals surface area contributed by atoms with Crippen LogP contribution in [0.3, 0.4) is 0 Å². The number of nitrogens with one attached hydrogen (secondary N) is 1. The number of hydrogen-bond acceptors (Lipinski definition) is 6. The van der Waals surface area contributed by atoms with Gasteiger partial charge in [0.05, 0.1) is 37.0 Å². The molecule has 0 aliphatic carbocycles. The Morgan fingerprint density at radius 2 is 1.74 bits per heavy atom. The summed E-state index contributed by atoms with van der Waals surface area (Å²) in [7, 11) is -1.32. The normalized spacial score (nSPS) is 11.6. The summed E-state index contributed by atoms with van der Waals surface area (Å²) in [6.45, 7) is -0.520. The molecule has 0 aliphatic rings. The van der Waals surface area contributed by atoms with E-state index in [0.717, 1.165) is 4.31 Å². The Morgan fingerprint density at radius 1 is 1.00 bits per heavy atom. The summed E-state index contributed by atoms with van der Waals surface area (Å²) >= 11 is 11.9. The fourth-order valence-electron chi connectivity index (χ4n) is 3.11. The Balaban J connectivity index is 1.84. The van der Waals surface area contributed by atoms with Gasteiger partial charge in [0.2, 0.25) is 10.0 Å². The zero-order valence-electron chi connectivity index (χ0n) is 18.9. The first kappa shape index (κ1) is 26.5. The van der Waals surface area contributed by atoms with Crippen molar-refractivity contribution < 1.29 is 22.7 Å². The van der Waals surface area contributed by atoms with E-state index in [1.165, 1.54) is 38.6 Å². The molecule has 0 unspecified atom stereocenters. The highest BCUT2D eigenvalue weighted by molar-refractivity contribution is 7.89. The van der Waals surface area contributed by atoms with Crippen molar-refractivity contribution in [3.8, 4) is 11.5 Å². The Labute approximate surface area is 214 Å². The van der Waals surface area contributed by atoms with Gasteiger partial charge in [0.1, 0.15) is 16.4 Å². The summed E-state index contributed by atoms with van der Waals surface area (Å²) < 4.78 is 38.6. The largest absolute Gasteiger partial charge is 0.497 e. The van der Waals surface area contributed by atoms with Crippen LogP contribution in [0.25, 0.3) is 0 Å². The average molecular weight is 536 g/mol. The van der Waals surface area contributed by atoms with Crippen molar-refractivity contribution >= 4 is 45.3 Å². The first-order valence-electron chi connectivity index (χ1n) is 10.3. The van der Waals surface area contributed by atoms with Gasteiger partial charge in [0.15, 0.2) is 0 Å². The van der Waals surface area contributed by atoms with E-state index in [1.54, 1.807) is 42.5 Å². The van der Waals surface area contributed by atoms with Crippen molar-refractivity contribution in [1.82, 2.24) is 9.73 Å². The van der Waals surface area contributed by atoms with Crippen molar-refractivity contribution in [1.29, 1.82) is 0 Å². The van der Waals surface area contributed by atoms with Crippen LogP contribution >= 0.6 is 23.2 Å². The van der Waals surface area contributed by atoms with Gasteiger partial charge < -0.3 is 9.47 Å². The second-order valence-electron chi connectivity index (χ2n) is 7.24. The van der Waals surface area contributed by atoms with Crippen LogP contribution in [0, 0.1) is 0 Å². The quantitative estimate of drug-likeness (QED) is 0.307. The number of hydrogen-bond donors (Lipinski definition) is 1. The molecule has 0 atom stereocenters. The second kappa shape index (κ2) is 12.0. The van der Waals surface area contributed by atoms with Gasteiger partial charge in [0, 0.05) is 12.6 Å². The fraction of sp³-hybridized carbons (Fsp3) is 0.167.